The maximum atomic E-state index is 13.9. The summed E-state index contributed by atoms with van der Waals surface area (Å²) in [5.41, 5.74) is 1.55. The number of rotatable bonds is 2. The van der Waals surface area contributed by atoms with Crippen molar-refractivity contribution in [1.29, 1.82) is 5.26 Å². The summed E-state index contributed by atoms with van der Waals surface area (Å²) in [6, 6.07) is 9.27. The number of hydrogen-bond donors (Lipinski definition) is 1. The quantitative estimate of drug-likeness (QED) is 0.901. The zero-order chi connectivity index (χ0) is 18.4. The van der Waals surface area contributed by atoms with E-state index in [1.165, 1.54) is 18.2 Å². The molecule has 0 spiro atoms. The molecule has 1 atom stereocenters. The normalized spacial score (nSPS) is 18.8. The fourth-order valence-electron chi connectivity index (χ4n) is 3.19. The maximum absolute atomic E-state index is 13.9. The van der Waals surface area contributed by atoms with Crippen LogP contribution in [0.5, 0.6) is 0 Å². The first-order valence-electron chi connectivity index (χ1n) is 7.71. The summed E-state index contributed by atoms with van der Waals surface area (Å²) in [5.74, 6) is -0.456. The number of benzene rings is 2. The van der Waals surface area contributed by atoms with Gasteiger partial charge in [-0.2, -0.15) is 18.4 Å². The van der Waals surface area contributed by atoms with Gasteiger partial charge in [-0.25, -0.2) is 5.01 Å². The van der Waals surface area contributed by atoms with Crippen LogP contribution in [0, 0.1) is 16.7 Å². The minimum atomic E-state index is -4.62. The Morgan fingerprint density at radius 3 is 2.40 bits per heavy atom. The third kappa shape index (κ3) is 2.94. The van der Waals surface area contributed by atoms with Gasteiger partial charge in [-0.05, 0) is 30.9 Å². The highest BCUT2D eigenvalue weighted by atomic mass is 19.4. The van der Waals surface area contributed by atoms with Gasteiger partial charge in [0.1, 0.15) is 0 Å². The van der Waals surface area contributed by atoms with E-state index in [-0.39, 0.29) is 23.1 Å². The van der Waals surface area contributed by atoms with Crippen molar-refractivity contribution in [3.63, 3.8) is 0 Å². The van der Waals surface area contributed by atoms with Gasteiger partial charge in [0.2, 0.25) is 5.91 Å². The molecule has 0 aromatic heterocycles. The van der Waals surface area contributed by atoms with E-state index in [1.807, 2.05) is 6.07 Å². The monoisotopic (exact) mass is 347 g/mol. The van der Waals surface area contributed by atoms with Gasteiger partial charge in [0.05, 0.1) is 17.0 Å². The van der Waals surface area contributed by atoms with Crippen molar-refractivity contribution in [1.82, 2.24) is 10.4 Å². The predicted molar refractivity (Wildman–Crippen MR) is 86.1 cm³/mol. The highest BCUT2D eigenvalue weighted by molar-refractivity contribution is 5.91. The highest BCUT2D eigenvalue weighted by Gasteiger charge is 2.51. The Labute approximate surface area is 142 Å². The summed E-state index contributed by atoms with van der Waals surface area (Å²) < 4.78 is 41.8. The van der Waals surface area contributed by atoms with Gasteiger partial charge in [0, 0.05) is 11.9 Å². The molecular formula is C18H16F3N3O. The zero-order valence-electron chi connectivity index (χ0n) is 13.7. The van der Waals surface area contributed by atoms with Crippen molar-refractivity contribution in [2.45, 2.75) is 26.1 Å². The number of amides is 1. The first-order valence-corrected chi connectivity index (χ1v) is 7.71. The van der Waals surface area contributed by atoms with Crippen LogP contribution in [-0.4, -0.2) is 23.6 Å². The Balaban J connectivity index is 2.22. The van der Waals surface area contributed by atoms with Crippen LogP contribution in [0.4, 0.5) is 13.2 Å². The number of hydrazine groups is 1. The molecule has 1 N–H and O–H groups in total. The Hall–Kier alpha value is -2.59. The Morgan fingerprint density at radius 2 is 1.88 bits per heavy atom. The lowest BCUT2D eigenvalue weighted by Crippen LogP contribution is -2.43. The number of halogens is 3. The van der Waals surface area contributed by atoms with Gasteiger partial charge in [-0.3, -0.25) is 10.2 Å². The molecule has 0 radical (unpaired) electrons. The number of hydrogen-bond acceptors (Lipinski definition) is 3. The first kappa shape index (κ1) is 17.2. The molecule has 1 heterocycles. The Kier molecular flexibility index (Phi) is 3.96. The van der Waals surface area contributed by atoms with Crippen LogP contribution in [0.2, 0.25) is 0 Å². The molecule has 1 saturated heterocycles. The zero-order valence-corrected chi connectivity index (χ0v) is 13.7. The number of alkyl halides is 3. The largest absolute Gasteiger partial charge is 0.409 e. The van der Waals surface area contributed by atoms with Gasteiger partial charge in [-0.15, -0.1) is 0 Å². The number of nitriles is 1. The smallest absolute Gasteiger partial charge is 0.287 e. The molecule has 0 saturated carbocycles. The molecule has 1 aliphatic rings. The fraction of sp³-hybridized carbons (Fsp3) is 0.333. The number of carbonyl (C=O) groups is 1. The average molecular weight is 347 g/mol. The van der Waals surface area contributed by atoms with Crippen LogP contribution in [-0.2, 0) is 4.79 Å². The lowest BCUT2D eigenvalue weighted by Gasteiger charge is -2.30. The first-order chi connectivity index (χ1) is 11.6. The molecule has 0 bridgehead atoms. The summed E-state index contributed by atoms with van der Waals surface area (Å²) in [7, 11) is 0. The molecule has 4 nitrogen and oxygen atoms in total. The number of fused-ring (bicyclic) bond motifs is 1. The molecule has 2 aromatic rings. The Morgan fingerprint density at radius 1 is 1.24 bits per heavy atom. The summed E-state index contributed by atoms with van der Waals surface area (Å²) in [6.07, 6.45) is -4.62. The third-order valence-corrected chi connectivity index (χ3v) is 4.40. The van der Waals surface area contributed by atoms with Crippen LogP contribution in [0.15, 0.2) is 36.4 Å². The van der Waals surface area contributed by atoms with E-state index < -0.39 is 23.5 Å². The molecular weight excluding hydrogens is 331 g/mol. The molecule has 2 aromatic carbocycles. The highest BCUT2D eigenvalue weighted by Crippen LogP contribution is 2.43. The van der Waals surface area contributed by atoms with Gasteiger partial charge >= 0.3 is 6.18 Å². The average Bonchev–Trinajstić information content (AvgIpc) is 2.78. The Bertz CT molecular complexity index is 878. The lowest BCUT2D eigenvalue weighted by molar-refractivity contribution is -0.191. The van der Waals surface area contributed by atoms with E-state index >= 15 is 0 Å². The van der Waals surface area contributed by atoms with Gasteiger partial charge < -0.3 is 0 Å². The van der Waals surface area contributed by atoms with Gasteiger partial charge in [-0.1, -0.05) is 30.3 Å². The number of nitrogens with one attached hydrogen (secondary N) is 1. The van der Waals surface area contributed by atoms with Crippen molar-refractivity contribution >= 4 is 16.7 Å². The van der Waals surface area contributed by atoms with Crippen LogP contribution in [0.25, 0.3) is 10.8 Å². The number of nitrogens with zero attached hydrogens (tertiary/aromatic N) is 2. The maximum Gasteiger partial charge on any atom is 0.409 e. The second kappa shape index (κ2) is 5.74. The van der Waals surface area contributed by atoms with Crippen LogP contribution in [0.1, 0.15) is 31.0 Å². The molecule has 1 amide bonds. The third-order valence-electron chi connectivity index (χ3n) is 4.40. The van der Waals surface area contributed by atoms with Crippen molar-refractivity contribution in [2.24, 2.45) is 5.41 Å². The fourth-order valence-corrected chi connectivity index (χ4v) is 3.19. The van der Waals surface area contributed by atoms with E-state index in [9.17, 15) is 23.2 Å². The van der Waals surface area contributed by atoms with E-state index in [0.717, 1.165) is 5.01 Å². The minimum absolute atomic E-state index is 0.0415. The molecule has 1 unspecified atom stereocenters. The minimum Gasteiger partial charge on any atom is -0.287 e. The van der Waals surface area contributed by atoms with E-state index in [2.05, 4.69) is 5.43 Å². The van der Waals surface area contributed by atoms with Crippen molar-refractivity contribution < 1.29 is 18.0 Å². The second-order valence-electron chi connectivity index (χ2n) is 6.76. The predicted octanol–water partition coefficient (Wildman–Crippen LogP) is 3.69. The lowest BCUT2D eigenvalue weighted by atomic mass is 9.92. The SMILES string of the molecule is CC1(C)CN(C(c2cccc3cccc(C#N)c23)C(F)(F)F)NC1=O. The topological polar surface area (TPSA) is 56.1 Å². The standard InChI is InChI=1S/C18H16F3N3O/c1-17(2)10-24(23-16(17)25)15(18(19,20)21)13-8-4-6-11-5-3-7-12(9-22)14(11)13/h3-8,15H,10H2,1-2H3,(H,23,25). The molecule has 7 heteroatoms. The molecule has 1 aliphatic heterocycles. The van der Waals surface area contributed by atoms with E-state index in [0.29, 0.717) is 5.39 Å². The van der Waals surface area contributed by atoms with Gasteiger partial charge in [0.25, 0.3) is 0 Å². The van der Waals surface area contributed by atoms with Crippen LogP contribution in [0.3, 0.4) is 0 Å². The molecule has 130 valence electrons. The van der Waals surface area contributed by atoms with Crippen molar-refractivity contribution in [3.05, 3.63) is 47.5 Å². The van der Waals surface area contributed by atoms with E-state index in [4.69, 9.17) is 0 Å². The summed E-state index contributed by atoms with van der Waals surface area (Å²) >= 11 is 0. The molecule has 25 heavy (non-hydrogen) atoms. The summed E-state index contributed by atoms with van der Waals surface area (Å²) in [4.78, 5) is 12.0. The van der Waals surface area contributed by atoms with Crippen LogP contribution >= 0.6 is 0 Å². The van der Waals surface area contributed by atoms with Gasteiger partial charge in [0.15, 0.2) is 6.04 Å². The van der Waals surface area contributed by atoms with Crippen molar-refractivity contribution in [2.75, 3.05) is 6.54 Å². The summed E-state index contributed by atoms with van der Waals surface area (Å²) in [5, 5.41) is 11.1. The number of carbonyl (C=O) groups excluding carboxylic acids is 1. The van der Waals surface area contributed by atoms with E-state index in [1.54, 1.807) is 32.0 Å². The molecule has 1 fully saturated rings. The summed E-state index contributed by atoms with van der Waals surface area (Å²) in [6.45, 7) is 3.11. The molecule has 0 aliphatic carbocycles. The molecule has 3 rings (SSSR count). The second-order valence-corrected chi connectivity index (χ2v) is 6.76. The van der Waals surface area contributed by atoms with Crippen LogP contribution < -0.4 is 5.43 Å². The van der Waals surface area contributed by atoms with Crippen molar-refractivity contribution in [3.8, 4) is 6.07 Å².